The van der Waals surface area contributed by atoms with E-state index in [-0.39, 0.29) is 26.2 Å². The van der Waals surface area contributed by atoms with Crippen LogP contribution in [0.1, 0.15) is 13.3 Å². The summed E-state index contributed by atoms with van der Waals surface area (Å²) in [5.74, 6) is -1.68. The smallest absolute Gasteiger partial charge is 0.350 e. The fraction of sp³-hybridized carbons (Fsp3) is 0.647. The molecule has 1 aliphatic rings. The predicted molar refractivity (Wildman–Crippen MR) is 91.7 cm³/mol. The van der Waals surface area contributed by atoms with Crippen LogP contribution in [0.25, 0.3) is 0 Å². The van der Waals surface area contributed by atoms with Crippen LogP contribution in [-0.4, -0.2) is 74.7 Å². The van der Waals surface area contributed by atoms with E-state index in [4.69, 9.17) is 24.7 Å². The first-order chi connectivity index (χ1) is 12.0. The molecule has 0 aromatic heterocycles. The highest BCUT2D eigenvalue weighted by molar-refractivity contribution is 6.03. The molecule has 25 heavy (non-hydrogen) atoms. The molecule has 0 bridgehead atoms. The van der Waals surface area contributed by atoms with Crippen molar-refractivity contribution in [2.24, 2.45) is 5.73 Å². The van der Waals surface area contributed by atoms with Crippen molar-refractivity contribution in [3.8, 4) is 0 Å². The lowest BCUT2D eigenvalue weighted by atomic mass is 9.99. The average molecular weight is 356 g/mol. The lowest BCUT2D eigenvalue weighted by Gasteiger charge is -2.37. The Hall–Kier alpha value is -1.74. The maximum atomic E-state index is 12.6. The molecule has 1 aliphatic heterocycles. The Bertz CT molecular complexity index is 438. The van der Waals surface area contributed by atoms with E-state index in [1.807, 2.05) is 4.90 Å². The number of hydrogen-bond donors (Lipinski definition) is 1. The molecule has 0 radical (unpaired) electrons. The van der Waals surface area contributed by atoms with Gasteiger partial charge < -0.3 is 24.7 Å². The van der Waals surface area contributed by atoms with E-state index >= 15 is 0 Å². The van der Waals surface area contributed by atoms with Gasteiger partial charge in [0.05, 0.1) is 13.2 Å². The van der Waals surface area contributed by atoms with E-state index < -0.39 is 23.8 Å². The summed E-state index contributed by atoms with van der Waals surface area (Å²) >= 11 is 0. The van der Waals surface area contributed by atoms with Gasteiger partial charge in [0.1, 0.15) is 19.4 Å². The summed E-state index contributed by atoms with van der Waals surface area (Å²) in [6.45, 7) is 11.1. The molecule has 8 heteroatoms. The second-order valence-corrected chi connectivity index (χ2v) is 5.51. The molecule has 0 saturated carbocycles. The molecule has 1 fully saturated rings. The third kappa shape index (κ3) is 5.93. The van der Waals surface area contributed by atoms with Crippen molar-refractivity contribution >= 4 is 11.9 Å². The summed E-state index contributed by atoms with van der Waals surface area (Å²) in [5.41, 5.74) is 3.70. The molecule has 1 atom stereocenters. The van der Waals surface area contributed by atoms with Crippen LogP contribution in [0.2, 0.25) is 0 Å². The standard InChI is InChI=1S/C17H28N2O6/c1-4-10-23-15(20)17(6-7-18,16(21)24-11-5-2)25-14(3)19-8-12-22-13-9-19/h4-5,14H,1-2,6-13,18H2,3H3. The van der Waals surface area contributed by atoms with E-state index in [1.165, 1.54) is 12.2 Å². The van der Waals surface area contributed by atoms with E-state index in [0.717, 1.165) is 0 Å². The molecule has 1 saturated heterocycles. The van der Waals surface area contributed by atoms with Crippen LogP contribution < -0.4 is 5.73 Å². The minimum absolute atomic E-state index is 0.0439. The van der Waals surface area contributed by atoms with Gasteiger partial charge in [0.25, 0.3) is 5.60 Å². The minimum Gasteiger partial charge on any atom is -0.459 e. The van der Waals surface area contributed by atoms with Crippen molar-refractivity contribution in [3.63, 3.8) is 0 Å². The van der Waals surface area contributed by atoms with Gasteiger partial charge in [0.15, 0.2) is 0 Å². The van der Waals surface area contributed by atoms with Crippen molar-refractivity contribution in [2.45, 2.75) is 25.2 Å². The highest BCUT2D eigenvalue weighted by Crippen LogP contribution is 2.24. The van der Waals surface area contributed by atoms with E-state index in [1.54, 1.807) is 6.92 Å². The van der Waals surface area contributed by atoms with Gasteiger partial charge in [0.2, 0.25) is 0 Å². The Balaban J connectivity index is 3.02. The first kappa shape index (κ1) is 21.3. The number of morpholine rings is 1. The Morgan fingerprint density at radius 3 is 2.16 bits per heavy atom. The lowest BCUT2D eigenvalue weighted by molar-refractivity contribution is -0.212. The number of rotatable bonds is 11. The lowest BCUT2D eigenvalue weighted by Crippen LogP contribution is -2.57. The fourth-order valence-electron chi connectivity index (χ4n) is 2.46. The maximum absolute atomic E-state index is 12.6. The molecule has 1 rings (SSSR count). The molecule has 1 heterocycles. The number of hydrogen-bond acceptors (Lipinski definition) is 8. The van der Waals surface area contributed by atoms with Gasteiger partial charge >= 0.3 is 11.9 Å². The van der Waals surface area contributed by atoms with E-state index in [0.29, 0.717) is 26.3 Å². The van der Waals surface area contributed by atoms with Crippen LogP contribution in [0.5, 0.6) is 0 Å². The molecule has 0 spiro atoms. The maximum Gasteiger partial charge on any atom is 0.350 e. The Morgan fingerprint density at radius 1 is 1.20 bits per heavy atom. The van der Waals surface area contributed by atoms with Crippen LogP contribution in [0, 0.1) is 0 Å². The minimum atomic E-state index is -1.93. The Morgan fingerprint density at radius 2 is 1.72 bits per heavy atom. The number of nitrogens with two attached hydrogens (primary N) is 1. The first-order valence-corrected chi connectivity index (χ1v) is 8.27. The van der Waals surface area contributed by atoms with Gasteiger partial charge in [0, 0.05) is 19.5 Å². The number of ether oxygens (including phenoxy) is 4. The second-order valence-electron chi connectivity index (χ2n) is 5.51. The predicted octanol–water partition coefficient (Wildman–Crippen LogP) is 0.227. The summed E-state index contributed by atoms with van der Waals surface area (Å²) in [7, 11) is 0. The third-order valence-corrected chi connectivity index (χ3v) is 3.75. The number of carbonyl (C=O) groups is 2. The van der Waals surface area contributed by atoms with Crippen LogP contribution in [0.3, 0.4) is 0 Å². The van der Waals surface area contributed by atoms with Crippen molar-refractivity contribution in [1.82, 2.24) is 4.90 Å². The van der Waals surface area contributed by atoms with Gasteiger partial charge in [-0.25, -0.2) is 9.59 Å². The molecular weight excluding hydrogens is 328 g/mol. The van der Waals surface area contributed by atoms with Crippen LogP contribution in [0.4, 0.5) is 0 Å². The van der Waals surface area contributed by atoms with Crippen molar-refractivity contribution in [3.05, 3.63) is 25.3 Å². The van der Waals surface area contributed by atoms with Crippen molar-refractivity contribution < 1.29 is 28.5 Å². The summed E-state index contributed by atoms with van der Waals surface area (Å²) < 4.78 is 21.4. The molecule has 1 unspecified atom stereocenters. The molecule has 142 valence electrons. The fourth-order valence-corrected chi connectivity index (χ4v) is 2.46. The van der Waals surface area contributed by atoms with Crippen LogP contribution in [-0.2, 0) is 28.5 Å². The summed E-state index contributed by atoms with van der Waals surface area (Å²) in [6.07, 6.45) is 2.23. The second kappa shape index (κ2) is 11.0. The van der Waals surface area contributed by atoms with Crippen LogP contribution in [0.15, 0.2) is 25.3 Å². The van der Waals surface area contributed by atoms with Crippen molar-refractivity contribution in [1.29, 1.82) is 0 Å². The van der Waals surface area contributed by atoms with Crippen LogP contribution >= 0.6 is 0 Å². The van der Waals surface area contributed by atoms with Gasteiger partial charge in [-0.2, -0.15) is 0 Å². The molecule has 0 aromatic carbocycles. The van der Waals surface area contributed by atoms with Gasteiger partial charge in [-0.3, -0.25) is 4.90 Å². The molecule has 0 aromatic rings. The average Bonchev–Trinajstić information content (AvgIpc) is 2.64. The van der Waals surface area contributed by atoms with E-state index in [2.05, 4.69) is 13.2 Å². The number of esters is 2. The first-order valence-electron chi connectivity index (χ1n) is 8.27. The number of nitrogens with zero attached hydrogens (tertiary/aromatic N) is 1. The molecule has 8 nitrogen and oxygen atoms in total. The SMILES string of the molecule is C=CCOC(=O)C(CCN)(OC(C)N1CCOCC1)C(=O)OCC=C. The Labute approximate surface area is 148 Å². The Kier molecular flexibility index (Phi) is 9.36. The van der Waals surface area contributed by atoms with Crippen molar-refractivity contribution in [2.75, 3.05) is 46.1 Å². The van der Waals surface area contributed by atoms with E-state index in [9.17, 15) is 9.59 Å². The molecule has 0 aliphatic carbocycles. The molecule has 0 amide bonds. The zero-order valence-corrected chi connectivity index (χ0v) is 14.8. The normalized spacial score (nSPS) is 16.7. The van der Waals surface area contributed by atoms with Gasteiger partial charge in [-0.15, -0.1) is 0 Å². The largest absolute Gasteiger partial charge is 0.459 e. The quantitative estimate of drug-likeness (QED) is 0.319. The molecule has 2 N–H and O–H groups in total. The number of carbonyl (C=O) groups excluding carboxylic acids is 2. The van der Waals surface area contributed by atoms with Gasteiger partial charge in [-0.05, 0) is 13.5 Å². The monoisotopic (exact) mass is 356 g/mol. The summed E-state index contributed by atoms with van der Waals surface area (Å²) in [5, 5.41) is 0. The third-order valence-electron chi connectivity index (χ3n) is 3.75. The summed E-state index contributed by atoms with van der Waals surface area (Å²) in [4.78, 5) is 27.2. The zero-order chi connectivity index (χ0) is 18.7. The highest BCUT2D eigenvalue weighted by Gasteiger charge is 2.51. The topological polar surface area (TPSA) is 100 Å². The summed E-state index contributed by atoms with van der Waals surface area (Å²) in [6, 6.07) is 0. The van der Waals surface area contributed by atoms with Gasteiger partial charge in [-0.1, -0.05) is 25.3 Å². The molecular formula is C17H28N2O6. The highest BCUT2D eigenvalue weighted by atomic mass is 16.6. The zero-order valence-electron chi connectivity index (χ0n) is 14.8.